The quantitative estimate of drug-likeness (QED) is 0.839. The molecule has 3 heterocycles. The van der Waals surface area contributed by atoms with Crippen LogP contribution in [0.3, 0.4) is 0 Å². The third kappa shape index (κ3) is 2.69. The maximum atomic E-state index is 12.4. The molecule has 1 atom stereocenters. The van der Waals surface area contributed by atoms with Gasteiger partial charge in [-0.15, -0.1) is 5.10 Å². The number of nitrogens with one attached hydrogen (secondary N) is 1. The molecule has 8 nitrogen and oxygen atoms in total. The highest BCUT2D eigenvalue weighted by molar-refractivity contribution is 6.21. The molecule has 1 fully saturated rings. The molecular weight excluding hydrogens is 322 g/mol. The SMILES string of the molecule is O=C1NCCCCC1n1cc(CN2C(=O)c3ccccc3C2=O)nn1. The molecule has 2 aliphatic rings. The molecule has 3 amide bonds. The van der Waals surface area contributed by atoms with E-state index in [0.717, 1.165) is 17.7 Å². The molecule has 0 spiro atoms. The number of carbonyl (C=O) groups is 3. The van der Waals surface area contributed by atoms with Crippen molar-refractivity contribution in [3.63, 3.8) is 0 Å². The molecule has 2 aromatic rings. The Balaban J connectivity index is 1.53. The van der Waals surface area contributed by atoms with Crippen LogP contribution >= 0.6 is 0 Å². The van der Waals surface area contributed by atoms with Crippen LogP contribution < -0.4 is 5.32 Å². The van der Waals surface area contributed by atoms with Crippen LogP contribution in [0.4, 0.5) is 0 Å². The molecular formula is C17H17N5O3. The fourth-order valence-electron chi connectivity index (χ4n) is 3.26. The fourth-order valence-corrected chi connectivity index (χ4v) is 3.26. The standard InChI is InChI=1S/C17H17N5O3/c23-15-14(7-3-4-8-18-15)22-10-11(19-20-22)9-21-16(24)12-5-1-2-6-13(12)17(21)25/h1-2,5-6,10,14H,3-4,7-9H2,(H,18,23). The van der Waals surface area contributed by atoms with Crippen LogP contribution in [-0.4, -0.2) is 44.2 Å². The number of aromatic nitrogens is 3. The highest BCUT2D eigenvalue weighted by atomic mass is 16.2. The largest absolute Gasteiger partial charge is 0.354 e. The first-order valence-corrected chi connectivity index (χ1v) is 8.29. The first-order valence-electron chi connectivity index (χ1n) is 8.29. The Morgan fingerprint density at radius 2 is 1.80 bits per heavy atom. The molecule has 1 aromatic carbocycles. The van der Waals surface area contributed by atoms with Gasteiger partial charge in [0.25, 0.3) is 11.8 Å². The molecule has 0 saturated carbocycles. The van der Waals surface area contributed by atoms with E-state index in [1.807, 2.05) is 0 Å². The molecule has 128 valence electrons. The first-order chi connectivity index (χ1) is 12.1. The Labute approximate surface area is 143 Å². The van der Waals surface area contributed by atoms with Crippen molar-refractivity contribution in [1.29, 1.82) is 0 Å². The lowest BCUT2D eigenvalue weighted by molar-refractivity contribution is -0.124. The zero-order valence-electron chi connectivity index (χ0n) is 13.5. The zero-order valence-corrected chi connectivity index (χ0v) is 13.5. The monoisotopic (exact) mass is 339 g/mol. The number of imide groups is 1. The van der Waals surface area contributed by atoms with E-state index in [1.165, 1.54) is 4.68 Å². The number of fused-ring (bicyclic) bond motifs is 1. The fraction of sp³-hybridized carbons (Fsp3) is 0.353. The number of carbonyl (C=O) groups excluding carboxylic acids is 3. The van der Waals surface area contributed by atoms with Crippen molar-refractivity contribution in [2.75, 3.05) is 6.54 Å². The van der Waals surface area contributed by atoms with Crippen molar-refractivity contribution in [3.8, 4) is 0 Å². The normalized spacial score (nSPS) is 20.4. The summed E-state index contributed by atoms with van der Waals surface area (Å²) in [6, 6.07) is 6.35. The minimum Gasteiger partial charge on any atom is -0.354 e. The molecule has 0 radical (unpaired) electrons. The lowest BCUT2D eigenvalue weighted by Gasteiger charge is -2.13. The van der Waals surface area contributed by atoms with Gasteiger partial charge in [-0.3, -0.25) is 19.3 Å². The Morgan fingerprint density at radius 1 is 1.08 bits per heavy atom. The van der Waals surface area contributed by atoms with Crippen LogP contribution in [0, 0.1) is 0 Å². The topological polar surface area (TPSA) is 97.2 Å². The third-order valence-corrected chi connectivity index (χ3v) is 4.58. The summed E-state index contributed by atoms with van der Waals surface area (Å²) in [6.07, 6.45) is 4.20. The maximum absolute atomic E-state index is 12.4. The average molecular weight is 339 g/mol. The van der Waals surface area contributed by atoms with Gasteiger partial charge in [0.2, 0.25) is 5.91 Å². The first kappa shape index (κ1) is 15.5. The van der Waals surface area contributed by atoms with Gasteiger partial charge in [-0.05, 0) is 31.4 Å². The summed E-state index contributed by atoms with van der Waals surface area (Å²) in [5.41, 5.74) is 1.29. The molecule has 1 N–H and O–H groups in total. The molecule has 25 heavy (non-hydrogen) atoms. The van der Waals surface area contributed by atoms with Crippen LogP contribution in [0.2, 0.25) is 0 Å². The lowest BCUT2D eigenvalue weighted by Crippen LogP contribution is -2.31. The molecule has 1 aromatic heterocycles. The van der Waals surface area contributed by atoms with E-state index in [4.69, 9.17) is 0 Å². The van der Waals surface area contributed by atoms with Gasteiger partial charge in [0.05, 0.1) is 23.9 Å². The summed E-state index contributed by atoms with van der Waals surface area (Å²) in [5.74, 6) is -0.737. The van der Waals surface area contributed by atoms with Crippen LogP contribution in [0.1, 0.15) is 51.7 Å². The number of hydrogen-bond acceptors (Lipinski definition) is 5. The summed E-state index contributed by atoms with van der Waals surface area (Å²) in [5, 5.41) is 10.9. The number of rotatable bonds is 3. The van der Waals surface area contributed by atoms with Crippen molar-refractivity contribution in [3.05, 3.63) is 47.3 Å². The molecule has 1 saturated heterocycles. The van der Waals surface area contributed by atoms with Crippen LogP contribution in [0.25, 0.3) is 0 Å². The van der Waals surface area contributed by atoms with Crippen molar-refractivity contribution in [1.82, 2.24) is 25.2 Å². The van der Waals surface area contributed by atoms with E-state index in [2.05, 4.69) is 15.6 Å². The Morgan fingerprint density at radius 3 is 2.52 bits per heavy atom. The lowest BCUT2D eigenvalue weighted by atomic mass is 10.1. The number of amides is 3. The van der Waals surface area contributed by atoms with E-state index in [9.17, 15) is 14.4 Å². The van der Waals surface area contributed by atoms with Gasteiger partial charge in [0.1, 0.15) is 11.7 Å². The second kappa shape index (κ2) is 6.12. The van der Waals surface area contributed by atoms with Crippen molar-refractivity contribution in [2.24, 2.45) is 0 Å². The Kier molecular flexibility index (Phi) is 3.79. The van der Waals surface area contributed by atoms with Gasteiger partial charge < -0.3 is 5.32 Å². The maximum Gasteiger partial charge on any atom is 0.261 e. The van der Waals surface area contributed by atoms with Gasteiger partial charge in [-0.2, -0.15) is 0 Å². The molecule has 4 rings (SSSR count). The molecule has 0 bridgehead atoms. The van der Waals surface area contributed by atoms with Crippen molar-refractivity contribution in [2.45, 2.75) is 31.8 Å². The number of benzene rings is 1. The summed E-state index contributed by atoms with van der Waals surface area (Å²) in [4.78, 5) is 38.1. The summed E-state index contributed by atoms with van der Waals surface area (Å²) in [7, 11) is 0. The summed E-state index contributed by atoms with van der Waals surface area (Å²) >= 11 is 0. The second-order valence-corrected chi connectivity index (χ2v) is 6.23. The van der Waals surface area contributed by atoms with Crippen molar-refractivity contribution >= 4 is 17.7 Å². The number of nitrogens with zero attached hydrogens (tertiary/aromatic N) is 4. The van der Waals surface area contributed by atoms with E-state index < -0.39 is 6.04 Å². The minimum atomic E-state index is -0.397. The summed E-state index contributed by atoms with van der Waals surface area (Å²) < 4.78 is 1.52. The van der Waals surface area contributed by atoms with E-state index >= 15 is 0 Å². The molecule has 0 aliphatic carbocycles. The average Bonchev–Trinajstić information content (AvgIpc) is 3.09. The van der Waals surface area contributed by atoms with Gasteiger partial charge >= 0.3 is 0 Å². The Bertz CT molecular complexity index is 824. The number of hydrogen-bond donors (Lipinski definition) is 1. The zero-order chi connectivity index (χ0) is 17.4. The van der Waals surface area contributed by atoms with Gasteiger partial charge in [0.15, 0.2) is 0 Å². The second-order valence-electron chi connectivity index (χ2n) is 6.23. The Hall–Kier alpha value is -3.03. The molecule has 2 aliphatic heterocycles. The minimum absolute atomic E-state index is 0.0423. The highest BCUT2D eigenvalue weighted by Gasteiger charge is 2.35. The van der Waals surface area contributed by atoms with E-state index in [1.54, 1.807) is 30.5 Å². The van der Waals surface area contributed by atoms with Crippen LogP contribution in [0.5, 0.6) is 0 Å². The highest BCUT2D eigenvalue weighted by Crippen LogP contribution is 2.24. The van der Waals surface area contributed by atoms with Gasteiger partial charge in [-0.1, -0.05) is 17.3 Å². The summed E-state index contributed by atoms with van der Waals surface area (Å²) in [6.45, 7) is 0.715. The molecule has 8 heteroatoms. The van der Waals surface area contributed by atoms with Gasteiger partial charge in [0, 0.05) is 6.54 Å². The smallest absolute Gasteiger partial charge is 0.261 e. The van der Waals surface area contributed by atoms with Crippen LogP contribution in [-0.2, 0) is 11.3 Å². The third-order valence-electron chi connectivity index (χ3n) is 4.58. The van der Waals surface area contributed by atoms with E-state index in [0.29, 0.717) is 29.8 Å². The van der Waals surface area contributed by atoms with Crippen LogP contribution in [0.15, 0.2) is 30.5 Å². The van der Waals surface area contributed by atoms with Gasteiger partial charge in [-0.25, -0.2) is 4.68 Å². The van der Waals surface area contributed by atoms with E-state index in [-0.39, 0.29) is 24.3 Å². The predicted molar refractivity (Wildman–Crippen MR) is 86.6 cm³/mol. The predicted octanol–water partition coefficient (Wildman–Crippen LogP) is 0.915. The van der Waals surface area contributed by atoms with Crippen molar-refractivity contribution < 1.29 is 14.4 Å². The molecule has 1 unspecified atom stereocenters.